The number of amides is 1. The lowest BCUT2D eigenvalue weighted by Crippen LogP contribution is -2.40. The standard InChI is InChI=1S/C19H20N2O3/c1-12-13(2)20-16(11-15(12)14-7-5-4-6-8-14)21-18(23)19(3)10-9-17(22)24-19/h4-8,11H,9-10H2,1-3H3,(H,20,21,23). The van der Waals surface area contributed by atoms with Crippen LogP contribution >= 0.6 is 0 Å². The first-order valence-electron chi connectivity index (χ1n) is 7.96. The smallest absolute Gasteiger partial charge is 0.307 e. The van der Waals surface area contributed by atoms with Crippen molar-refractivity contribution in [1.82, 2.24) is 4.98 Å². The molecule has 3 rings (SSSR count). The van der Waals surface area contributed by atoms with E-state index in [4.69, 9.17) is 4.74 Å². The van der Waals surface area contributed by atoms with E-state index in [0.29, 0.717) is 12.2 Å². The minimum atomic E-state index is -1.12. The Hall–Kier alpha value is -2.69. The van der Waals surface area contributed by atoms with E-state index < -0.39 is 5.60 Å². The number of esters is 1. The molecule has 1 atom stereocenters. The largest absolute Gasteiger partial charge is 0.449 e. The highest BCUT2D eigenvalue weighted by molar-refractivity contribution is 5.99. The zero-order valence-corrected chi connectivity index (χ0v) is 14.1. The van der Waals surface area contributed by atoms with Crippen molar-refractivity contribution in [3.05, 3.63) is 47.7 Å². The summed E-state index contributed by atoms with van der Waals surface area (Å²) < 4.78 is 5.17. The third-order valence-corrected chi connectivity index (χ3v) is 4.47. The van der Waals surface area contributed by atoms with Gasteiger partial charge in [-0.1, -0.05) is 30.3 Å². The monoisotopic (exact) mass is 324 g/mol. The van der Waals surface area contributed by atoms with Crippen LogP contribution in [-0.2, 0) is 14.3 Å². The molecule has 0 bridgehead atoms. The number of anilines is 1. The molecule has 124 valence electrons. The van der Waals surface area contributed by atoms with Gasteiger partial charge in [0.05, 0.1) is 0 Å². The van der Waals surface area contributed by atoms with E-state index in [1.165, 1.54) is 0 Å². The molecule has 0 radical (unpaired) electrons. The highest BCUT2D eigenvalue weighted by Gasteiger charge is 2.42. The van der Waals surface area contributed by atoms with Crippen LogP contribution in [0.25, 0.3) is 11.1 Å². The maximum atomic E-state index is 12.5. The normalized spacial score (nSPS) is 19.9. The van der Waals surface area contributed by atoms with Crippen molar-refractivity contribution in [1.29, 1.82) is 0 Å². The Morgan fingerprint density at radius 3 is 2.58 bits per heavy atom. The van der Waals surface area contributed by atoms with E-state index in [2.05, 4.69) is 10.3 Å². The highest BCUT2D eigenvalue weighted by atomic mass is 16.6. The summed E-state index contributed by atoms with van der Waals surface area (Å²) in [6.45, 7) is 5.55. The average molecular weight is 324 g/mol. The summed E-state index contributed by atoms with van der Waals surface area (Å²) in [6, 6.07) is 11.8. The van der Waals surface area contributed by atoms with Crippen molar-refractivity contribution in [2.45, 2.75) is 39.2 Å². The lowest BCUT2D eigenvalue weighted by molar-refractivity contribution is -0.154. The third kappa shape index (κ3) is 3.02. The predicted molar refractivity (Wildman–Crippen MR) is 91.5 cm³/mol. The topological polar surface area (TPSA) is 68.3 Å². The quantitative estimate of drug-likeness (QED) is 0.879. The van der Waals surface area contributed by atoms with Crippen LogP contribution in [0.4, 0.5) is 5.82 Å². The molecule has 1 unspecified atom stereocenters. The molecule has 0 saturated carbocycles. The number of aromatic nitrogens is 1. The van der Waals surface area contributed by atoms with Gasteiger partial charge in [0.2, 0.25) is 0 Å². The molecule has 2 aromatic rings. The van der Waals surface area contributed by atoms with Crippen molar-refractivity contribution in [2.24, 2.45) is 0 Å². The van der Waals surface area contributed by atoms with E-state index in [-0.39, 0.29) is 18.3 Å². The van der Waals surface area contributed by atoms with Gasteiger partial charge >= 0.3 is 5.97 Å². The molecule has 5 heteroatoms. The third-order valence-electron chi connectivity index (χ3n) is 4.47. The molecular weight excluding hydrogens is 304 g/mol. The molecule has 1 amide bonds. The molecule has 1 aliphatic rings. The maximum Gasteiger partial charge on any atom is 0.307 e. The van der Waals surface area contributed by atoms with Gasteiger partial charge in [-0.05, 0) is 43.5 Å². The number of aryl methyl sites for hydroxylation is 1. The second-order valence-corrected chi connectivity index (χ2v) is 6.29. The molecule has 1 aromatic carbocycles. The minimum Gasteiger partial charge on any atom is -0.449 e. The molecular formula is C19H20N2O3. The molecule has 0 spiro atoms. The number of ether oxygens (including phenoxy) is 1. The van der Waals surface area contributed by atoms with E-state index in [9.17, 15) is 9.59 Å². The summed E-state index contributed by atoms with van der Waals surface area (Å²) >= 11 is 0. The van der Waals surface area contributed by atoms with Crippen molar-refractivity contribution < 1.29 is 14.3 Å². The fourth-order valence-corrected chi connectivity index (χ4v) is 2.82. The van der Waals surface area contributed by atoms with Crippen LogP contribution in [0, 0.1) is 13.8 Å². The van der Waals surface area contributed by atoms with Crippen LogP contribution in [0.2, 0.25) is 0 Å². The molecule has 1 fully saturated rings. The molecule has 2 heterocycles. The second kappa shape index (κ2) is 6.07. The highest BCUT2D eigenvalue weighted by Crippen LogP contribution is 2.30. The number of cyclic esters (lactones) is 1. The Balaban J connectivity index is 1.91. The Kier molecular flexibility index (Phi) is 4.09. The number of carbonyl (C=O) groups excluding carboxylic acids is 2. The van der Waals surface area contributed by atoms with Gasteiger partial charge in [0.1, 0.15) is 5.82 Å². The Bertz CT molecular complexity index is 802. The molecule has 0 aliphatic carbocycles. The number of nitrogens with zero attached hydrogens (tertiary/aromatic N) is 1. The fourth-order valence-electron chi connectivity index (χ4n) is 2.82. The maximum absolute atomic E-state index is 12.5. The SMILES string of the molecule is Cc1nc(NC(=O)C2(C)CCC(=O)O2)cc(-c2ccccc2)c1C. The van der Waals surface area contributed by atoms with Gasteiger partial charge in [-0.3, -0.25) is 9.59 Å². The first kappa shape index (κ1) is 16.2. The Labute approximate surface area is 141 Å². The van der Waals surface area contributed by atoms with Crippen LogP contribution in [0.5, 0.6) is 0 Å². The van der Waals surface area contributed by atoms with Crippen molar-refractivity contribution in [3.63, 3.8) is 0 Å². The van der Waals surface area contributed by atoms with Crippen LogP contribution in [0.15, 0.2) is 36.4 Å². The van der Waals surface area contributed by atoms with Gasteiger partial charge in [-0.2, -0.15) is 0 Å². The number of hydrogen-bond donors (Lipinski definition) is 1. The molecule has 24 heavy (non-hydrogen) atoms. The van der Waals surface area contributed by atoms with Gasteiger partial charge in [0, 0.05) is 18.5 Å². The summed E-state index contributed by atoms with van der Waals surface area (Å²) in [5.74, 6) is -0.222. The van der Waals surface area contributed by atoms with Crippen molar-refractivity contribution in [2.75, 3.05) is 5.32 Å². The molecule has 1 aromatic heterocycles. The molecule has 1 N–H and O–H groups in total. The van der Waals surface area contributed by atoms with Gasteiger partial charge in [-0.15, -0.1) is 0 Å². The predicted octanol–water partition coefficient (Wildman–Crippen LogP) is 3.40. The molecule has 1 aliphatic heterocycles. The van der Waals surface area contributed by atoms with Crippen LogP contribution in [-0.4, -0.2) is 22.5 Å². The van der Waals surface area contributed by atoms with Crippen LogP contribution < -0.4 is 5.32 Å². The van der Waals surface area contributed by atoms with Gasteiger partial charge in [-0.25, -0.2) is 4.98 Å². The Morgan fingerprint density at radius 1 is 1.25 bits per heavy atom. The number of nitrogens with one attached hydrogen (secondary N) is 1. The number of hydrogen-bond acceptors (Lipinski definition) is 4. The van der Waals surface area contributed by atoms with Crippen LogP contribution in [0.3, 0.4) is 0 Å². The number of benzene rings is 1. The number of rotatable bonds is 3. The fraction of sp³-hybridized carbons (Fsp3) is 0.316. The number of pyridine rings is 1. The number of carbonyl (C=O) groups is 2. The summed E-state index contributed by atoms with van der Waals surface area (Å²) in [4.78, 5) is 28.3. The zero-order chi connectivity index (χ0) is 17.3. The summed E-state index contributed by atoms with van der Waals surface area (Å²) in [5.41, 5.74) is 2.88. The zero-order valence-electron chi connectivity index (χ0n) is 14.1. The molecule has 5 nitrogen and oxygen atoms in total. The van der Waals surface area contributed by atoms with Gasteiger partial charge in [0.15, 0.2) is 5.60 Å². The first-order valence-corrected chi connectivity index (χ1v) is 7.96. The Morgan fingerprint density at radius 2 is 1.96 bits per heavy atom. The summed E-state index contributed by atoms with van der Waals surface area (Å²) in [5, 5.41) is 2.80. The summed E-state index contributed by atoms with van der Waals surface area (Å²) in [7, 11) is 0. The van der Waals surface area contributed by atoms with Gasteiger partial charge in [0.25, 0.3) is 5.91 Å². The van der Waals surface area contributed by atoms with Crippen LogP contribution in [0.1, 0.15) is 31.0 Å². The van der Waals surface area contributed by atoms with E-state index >= 15 is 0 Å². The lowest BCUT2D eigenvalue weighted by Gasteiger charge is -2.21. The average Bonchev–Trinajstić information content (AvgIpc) is 2.92. The van der Waals surface area contributed by atoms with Gasteiger partial charge < -0.3 is 10.1 Å². The first-order chi connectivity index (χ1) is 11.4. The minimum absolute atomic E-state index is 0.263. The van der Waals surface area contributed by atoms with Crippen molar-refractivity contribution in [3.8, 4) is 11.1 Å². The van der Waals surface area contributed by atoms with E-state index in [1.54, 1.807) is 6.92 Å². The van der Waals surface area contributed by atoms with E-state index in [0.717, 1.165) is 22.4 Å². The second-order valence-electron chi connectivity index (χ2n) is 6.29. The van der Waals surface area contributed by atoms with Crippen molar-refractivity contribution >= 4 is 17.7 Å². The van der Waals surface area contributed by atoms with E-state index in [1.807, 2.05) is 50.2 Å². The molecule has 1 saturated heterocycles. The summed E-state index contributed by atoms with van der Waals surface area (Å²) in [6.07, 6.45) is 0.646. The lowest BCUT2D eigenvalue weighted by atomic mass is 9.99.